The molecule has 0 fully saturated rings. The van der Waals surface area contributed by atoms with E-state index in [4.69, 9.17) is 0 Å². The summed E-state index contributed by atoms with van der Waals surface area (Å²) in [5.41, 5.74) is 0. The maximum atomic E-state index is 10.6. The van der Waals surface area contributed by atoms with Gasteiger partial charge in [-0.25, -0.2) is 5.01 Å². The zero-order chi connectivity index (χ0) is 5.98. The number of carbonyl (C=O) groups is 1. The van der Waals surface area contributed by atoms with Crippen LogP contribution < -0.4 is 0 Å². The molecule has 44 valence electrons. The first-order chi connectivity index (χ1) is 3.80. The average Bonchev–Trinajstić information content (AvgIpc) is 1.77. The molecule has 1 rings (SSSR count). The van der Waals surface area contributed by atoms with Gasteiger partial charge in [0.1, 0.15) is 0 Å². The fraction of sp³-hybridized carbons (Fsp3) is 0.750. The molecule has 4 nitrogen and oxygen atoms in total. The Kier molecular flexibility index (Phi) is 1.24. The second-order valence-corrected chi connectivity index (χ2v) is 1.62. The van der Waals surface area contributed by atoms with Crippen LogP contribution in [0.1, 0.15) is 6.42 Å². The quantitative estimate of drug-likeness (QED) is 0.443. The largest absolute Gasteiger partial charge is 0.273 e. The number of hydrogen-bond donors (Lipinski definition) is 0. The fourth-order valence-corrected chi connectivity index (χ4v) is 0.497. The topological polar surface area (TPSA) is 45.0 Å². The predicted molar refractivity (Wildman–Crippen MR) is 27.1 cm³/mol. The number of carbonyl (C=O) groups excluding carboxylic acids is 1. The summed E-state index contributed by atoms with van der Waals surface area (Å²) in [4.78, 5) is 10.6. The van der Waals surface area contributed by atoms with Crippen molar-refractivity contribution in [3.8, 4) is 0 Å². The summed E-state index contributed by atoms with van der Waals surface area (Å²) < 4.78 is 0. The lowest BCUT2D eigenvalue weighted by atomic mass is 10.4. The van der Waals surface area contributed by atoms with Gasteiger partial charge in [-0.3, -0.25) is 4.79 Å². The van der Waals surface area contributed by atoms with E-state index in [9.17, 15) is 4.79 Å². The first kappa shape index (κ1) is 5.21. The Morgan fingerprint density at radius 1 is 1.75 bits per heavy atom. The standard InChI is InChI=1S/C4H7N3O/c1-7-4(8)2-3-5-6-7/h2-3H2,1H3. The van der Waals surface area contributed by atoms with E-state index in [1.165, 1.54) is 5.01 Å². The van der Waals surface area contributed by atoms with Crippen molar-refractivity contribution in [1.82, 2.24) is 5.01 Å². The minimum Gasteiger partial charge on any atom is -0.273 e. The Morgan fingerprint density at radius 3 is 2.88 bits per heavy atom. The van der Waals surface area contributed by atoms with Crippen molar-refractivity contribution in [3.05, 3.63) is 0 Å². The monoisotopic (exact) mass is 113 g/mol. The molecule has 0 bridgehead atoms. The summed E-state index contributed by atoms with van der Waals surface area (Å²) in [5.74, 6) is 0.0417. The highest BCUT2D eigenvalue weighted by Gasteiger charge is 2.09. The van der Waals surface area contributed by atoms with Gasteiger partial charge in [-0.2, -0.15) is 5.11 Å². The van der Waals surface area contributed by atoms with Crippen molar-refractivity contribution in [2.45, 2.75) is 6.42 Å². The molecule has 0 aliphatic carbocycles. The molecule has 0 aromatic rings. The first-order valence-electron chi connectivity index (χ1n) is 2.44. The molecule has 1 heterocycles. The molecule has 0 unspecified atom stereocenters. The highest BCUT2D eigenvalue weighted by atomic mass is 16.2. The van der Waals surface area contributed by atoms with Crippen LogP contribution in [0.5, 0.6) is 0 Å². The molecule has 0 spiro atoms. The van der Waals surface area contributed by atoms with Crippen LogP contribution in [0.25, 0.3) is 0 Å². The van der Waals surface area contributed by atoms with E-state index in [-0.39, 0.29) is 5.91 Å². The van der Waals surface area contributed by atoms with Crippen molar-refractivity contribution in [2.24, 2.45) is 10.3 Å². The zero-order valence-corrected chi connectivity index (χ0v) is 4.66. The highest BCUT2D eigenvalue weighted by molar-refractivity contribution is 5.75. The van der Waals surface area contributed by atoms with Gasteiger partial charge in [0.15, 0.2) is 0 Å². The third-order valence-electron chi connectivity index (χ3n) is 0.984. The molecule has 0 radical (unpaired) electrons. The van der Waals surface area contributed by atoms with Crippen LogP contribution in [0.3, 0.4) is 0 Å². The summed E-state index contributed by atoms with van der Waals surface area (Å²) >= 11 is 0. The SMILES string of the molecule is CN1N=NCCC1=O. The fourth-order valence-electron chi connectivity index (χ4n) is 0.497. The second-order valence-electron chi connectivity index (χ2n) is 1.62. The molecule has 1 aliphatic rings. The molecule has 1 aliphatic heterocycles. The van der Waals surface area contributed by atoms with Gasteiger partial charge in [0.05, 0.1) is 13.0 Å². The van der Waals surface area contributed by atoms with Gasteiger partial charge in [-0.15, -0.1) is 0 Å². The molecular weight excluding hydrogens is 106 g/mol. The summed E-state index contributed by atoms with van der Waals surface area (Å²) in [6.45, 7) is 0.545. The van der Waals surface area contributed by atoms with Gasteiger partial charge in [0.2, 0.25) is 5.91 Å². The molecule has 0 aromatic heterocycles. The first-order valence-corrected chi connectivity index (χ1v) is 2.44. The van der Waals surface area contributed by atoms with Gasteiger partial charge < -0.3 is 0 Å². The Balaban J connectivity index is 2.60. The molecule has 0 saturated carbocycles. The van der Waals surface area contributed by atoms with Crippen molar-refractivity contribution in [3.63, 3.8) is 0 Å². The van der Waals surface area contributed by atoms with Gasteiger partial charge in [-0.1, -0.05) is 5.22 Å². The second kappa shape index (κ2) is 1.90. The van der Waals surface area contributed by atoms with Crippen molar-refractivity contribution >= 4 is 5.91 Å². The lowest BCUT2D eigenvalue weighted by Gasteiger charge is -2.11. The van der Waals surface area contributed by atoms with E-state index in [1.54, 1.807) is 7.05 Å². The van der Waals surface area contributed by atoms with Crippen molar-refractivity contribution < 1.29 is 4.79 Å². The maximum absolute atomic E-state index is 10.6. The molecule has 4 heteroatoms. The third kappa shape index (κ3) is 0.828. The lowest BCUT2D eigenvalue weighted by Crippen LogP contribution is -2.23. The molecule has 0 saturated heterocycles. The third-order valence-corrected chi connectivity index (χ3v) is 0.984. The molecule has 0 aromatic carbocycles. The van der Waals surface area contributed by atoms with Crippen LogP contribution in [-0.2, 0) is 4.79 Å². The highest BCUT2D eigenvalue weighted by Crippen LogP contribution is 1.98. The van der Waals surface area contributed by atoms with E-state index in [0.717, 1.165) is 0 Å². The normalized spacial score (nSPS) is 19.6. The molecule has 0 N–H and O–H groups in total. The van der Waals surface area contributed by atoms with Crippen LogP contribution in [-0.4, -0.2) is 24.5 Å². The van der Waals surface area contributed by atoms with Crippen molar-refractivity contribution in [2.75, 3.05) is 13.6 Å². The van der Waals surface area contributed by atoms with E-state index in [0.29, 0.717) is 13.0 Å². The Morgan fingerprint density at radius 2 is 2.50 bits per heavy atom. The average molecular weight is 113 g/mol. The lowest BCUT2D eigenvalue weighted by molar-refractivity contribution is -0.131. The molecule has 0 atom stereocenters. The number of rotatable bonds is 0. The zero-order valence-electron chi connectivity index (χ0n) is 4.66. The van der Waals surface area contributed by atoms with E-state index >= 15 is 0 Å². The smallest absolute Gasteiger partial charge is 0.245 e. The Labute approximate surface area is 47.2 Å². The molecule has 8 heavy (non-hydrogen) atoms. The van der Waals surface area contributed by atoms with Gasteiger partial charge in [-0.05, 0) is 0 Å². The van der Waals surface area contributed by atoms with E-state index < -0.39 is 0 Å². The number of hydrogen-bond acceptors (Lipinski definition) is 3. The summed E-state index contributed by atoms with van der Waals surface area (Å²) in [6, 6.07) is 0. The van der Waals surface area contributed by atoms with Gasteiger partial charge >= 0.3 is 0 Å². The summed E-state index contributed by atoms with van der Waals surface area (Å²) in [5, 5.41) is 8.41. The van der Waals surface area contributed by atoms with Crippen molar-refractivity contribution in [1.29, 1.82) is 0 Å². The molecule has 1 amide bonds. The van der Waals surface area contributed by atoms with E-state index in [1.807, 2.05) is 0 Å². The van der Waals surface area contributed by atoms with Crippen LogP contribution in [0.15, 0.2) is 10.3 Å². The predicted octanol–water partition coefficient (Wildman–Crippen LogP) is 0.216. The van der Waals surface area contributed by atoms with Gasteiger partial charge in [0, 0.05) is 7.05 Å². The summed E-state index contributed by atoms with van der Waals surface area (Å²) in [7, 11) is 1.60. The Hall–Kier alpha value is -0.930. The minimum absolute atomic E-state index is 0.0417. The maximum Gasteiger partial charge on any atom is 0.245 e. The number of amides is 1. The number of nitrogens with zero attached hydrogens (tertiary/aromatic N) is 3. The van der Waals surface area contributed by atoms with Crippen LogP contribution >= 0.6 is 0 Å². The Bertz CT molecular complexity index is 131. The molecular formula is C4H7N3O. The van der Waals surface area contributed by atoms with Crippen LogP contribution in [0.2, 0.25) is 0 Å². The minimum atomic E-state index is 0.0417. The van der Waals surface area contributed by atoms with Crippen LogP contribution in [0, 0.1) is 0 Å². The van der Waals surface area contributed by atoms with E-state index in [2.05, 4.69) is 10.3 Å². The van der Waals surface area contributed by atoms with Gasteiger partial charge in [0.25, 0.3) is 0 Å². The van der Waals surface area contributed by atoms with Crippen LogP contribution in [0.4, 0.5) is 0 Å². The summed E-state index contributed by atoms with van der Waals surface area (Å²) in [6.07, 6.45) is 0.500.